The topological polar surface area (TPSA) is 75.6 Å². The van der Waals surface area contributed by atoms with Crippen LogP contribution in [-0.4, -0.2) is 22.6 Å². The third-order valence-electron chi connectivity index (χ3n) is 3.55. The number of rotatable bonds is 5. The van der Waals surface area contributed by atoms with E-state index < -0.39 is 11.6 Å². The lowest BCUT2D eigenvalue weighted by atomic mass is 10.0. The highest BCUT2D eigenvalue weighted by molar-refractivity contribution is 9.10. The molecule has 0 aliphatic carbocycles. The number of amides is 1. The number of hydrogen-bond donors (Lipinski definition) is 2. The number of benzene rings is 2. The van der Waals surface area contributed by atoms with Crippen LogP contribution in [0.15, 0.2) is 46.9 Å². The van der Waals surface area contributed by atoms with E-state index in [0.29, 0.717) is 17.0 Å². The van der Waals surface area contributed by atoms with E-state index in [1.54, 1.807) is 45.0 Å². The molecule has 0 aromatic heterocycles. The van der Waals surface area contributed by atoms with Gasteiger partial charge in [0, 0.05) is 10.2 Å². The van der Waals surface area contributed by atoms with Crippen LogP contribution in [0.1, 0.15) is 29.8 Å². The molecule has 5 nitrogen and oxygen atoms in total. The number of carbonyl (C=O) groups is 2. The lowest BCUT2D eigenvalue weighted by Crippen LogP contribution is -2.42. The van der Waals surface area contributed by atoms with E-state index in [9.17, 15) is 9.59 Å². The summed E-state index contributed by atoms with van der Waals surface area (Å²) in [6.07, 6.45) is 0. The highest BCUT2D eigenvalue weighted by atomic mass is 79.9. The summed E-state index contributed by atoms with van der Waals surface area (Å²) in [6.45, 7) is 4.96. The van der Waals surface area contributed by atoms with E-state index in [1.807, 2.05) is 12.1 Å². The Bertz CT molecular complexity index is 769. The Morgan fingerprint density at radius 2 is 1.75 bits per heavy atom. The molecule has 0 aliphatic rings. The number of anilines is 1. The van der Waals surface area contributed by atoms with E-state index in [0.717, 1.165) is 4.47 Å². The zero-order valence-electron chi connectivity index (χ0n) is 13.6. The van der Waals surface area contributed by atoms with Gasteiger partial charge in [-0.15, -0.1) is 0 Å². The minimum Gasteiger partial charge on any atom is -0.478 e. The Labute approximate surface area is 148 Å². The number of aromatic carboxylic acids is 1. The van der Waals surface area contributed by atoms with Gasteiger partial charge in [0.2, 0.25) is 0 Å². The molecule has 0 atom stereocenters. The summed E-state index contributed by atoms with van der Waals surface area (Å²) in [5, 5.41) is 11.9. The Hall–Kier alpha value is -2.34. The molecule has 0 spiro atoms. The molecular weight excluding hydrogens is 374 g/mol. The van der Waals surface area contributed by atoms with Crippen molar-refractivity contribution in [3.8, 4) is 5.75 Å². The molecule has 0 bridgehead atoms. The molecule has 0 saturated carbocycles. The number of nitrogens with one attached hydrogen (secondary N) is 1. The fourth-order valence-corrected chi connectivity index (χ4v) is 2.38. The van der Waals surface area contributed by atoms with Crippen molar-refractivity contribution in [3.63, 3.8) is 0 Å². The van der Waals surface area contributed by atoms with Crippen molar-refractivity contribution in [2.45, 2.75) is 26.4 Å². The average molecular weight is 392 g/mol. The highest BCUT2D eigenvalue weighted by Crippen LogP contribution is 2.24. The number of halogens is 1. The van der Waals surface area contributed by atoms with Crippen LogP contribution >= 0.6 is 15.9 Å². The average Bonchev–Trinajstić information content (AvgIpc) is 2.51. The second-order valence-corrected chi connectivity index (χ2v) is 6.72. The maximum atomic E-state index is 12.5. The van der Waals surface area contributed by atoms with Gasteiger partial charge in [-0.1, -0.05) is 22.0 Å². The van der Waals surface area contributed by atoms with Gasteiger partial charge in [0.1, 0.15) is 5.75 Å². The molecule has 2 aromatic carbocycles. The molecule has 0 aliphatic heterocycles. The summed E-state index contributed by atoms with van der Waals surface area (Å²) in [6, 6.07) is 11.9. The minimum absolute atomic E-state index is 0.152. The van der Waals surface area contributed by atoms with Crippen molar-refractivity contribution in [2.75, 3.05) is 5.32 Å². The van der Waals surface area contributed by atoms with E-state index in [-0.39, 0.29) is 11.5 Å². The third-order valence-corrected chi connectivity index (χ3v) is 4.07. The van der Waals surface area contributed by atoms with Gasteiger partial charge in [-0.25, -0.2) is 4.79 Å². The fraction of sp³-hybridized carbons (Fsp3) is 0.222. The number of carboxylic acids is 1. The quantitative estimate of drug-likeness (QED) is 0.798. The number of ether oxygens (including phenoxy) is 1. The number of carboxylic acid groups (broad SMARTS) is 1. The van der Waals surface area contributed by atoms with Crippen molar-refractivity contribution in [3.05, 3.63) is 58.1 Å². The molecule has 0 unspecified atom stereocenters. The Morgan fingerprint density at radius 3 is 2.33 bits per heavy atom. The van der Waals surface area contributed by atoms with Crippen LogP contribution in [0.4, 0.5) is 5.69 Å². The first-order chi connectivity index (χ1) is 11.2. The number of carbonyl (C=O) groups excluding carboxylic acids is 1. The lowest BCUT2D eigenvalue weighted by molar-refractivity contribution is -0.128. The van der Waals surface area contributed by atoms with Gasteiger partial charge >= 0.3 is 5.97 Å². The maximum absolute atomic E-state index is 12.5. The second kappa shape index (κ2) is 7.05. The van der Waals surface area contributed by atoms with E-state index >= 15 is 0 Å². The standard InChI is InChI=1S/C18H18BrNO4/c1-11-14(16(21)22)5-4-6-15(11)20-17(23)18(2,3)24-13-9-7-12(19)8-10-13/h4-10H,1-3H3,(H,20,23)(H,21,22). The molecule has 126 valence electrons. The molecule has 0 radical (unpaired) electrons. The van der Waals surface area contributed by atoms with E-state index in [2.05, 4.69) is 21.2 Å². The number of hydrogen-bond acceptors (Lipinski definition) is 3. The summed E-state index contributed by atoms with van der Waals surface area (Å²) in [4.78, 5) is 23.7. The molecule has 24 heavy (non-hydrogen) atoms. The van der Waals surface area contributed by atoms with Gasteiger partial charge in [0.05, 0.1) is 5.56 Å². The molecule has 2 aromatic rings. The van der Waals surface area contributed by atoms with Gasteiger partial charge in [0.15, 0.2) is 5.60 Å². The normalized spacial score (nSPS) is 11.0. The summed E-state index contributed by atoms with van der Waals surface area (Å²) >= 11 is 3.34. The summed E-state index contributed by atoms with van der Waals surface area (Å²) in [5.41, 5.74) is -0.0240. The lowest BCUT2D eigenvalue weighted by Gasteiger charge is -2.26. The molecule has 2 rings (SSSR count). The molecule has 2 N–H and O–H groups in total. The Morgan fingerprint density at radius 1 is 1.12 bits per heavy atom. The van der Waals surface area contributed by atoms with Gasteiger partial charge < -0.3 is 15.2 Å². The molecule has 0 saturated heterocycles. The summed E-state index contributed by atoms with van der Waals surface area (Å²) < 4.78 is 6.67. The van der Waals surface area contributed by atoms with E-state index in [4.69, 9.17) is 9.84 Å². The summed E-state index contributed by atoms with van der Waals surface area (Å²) in [7, 11) is 0. The van der Waals surface area contributed by atoms with Crippen LogP contribution in [0.25, 0.3) is 0 Å². The first kappa shape index (κ1) is 18.0. The Kier molecular flexibility index (Phi) is 5.29. The highest BCUT2D eigenvalue weighted by Gasteiger charge is 2.30. The maximum Gasteiger partial charge on any atom is 0.336 e. The molecular formula is C18H18BrNO4. The van der Waals surface area contributed by atoms with Crippen LogP contribution in [0.3, 0.4) is 0 Å². The largest absolute Gasteiger partial charge is 0.478 e. The predicted octanol–water partition coefficient (Wildman–Crippen LogP) is 4.25. The summed E-state index contributed by atoms with van der Waals surface area (Å²) in [5.74, 6) is -0.834. The van der Waals surface area contributed by atoms with Gasteiger partial charge in [0.25, 0.3) is 5.91 Å². The second-order valence-electron chi connectivity index (χ2n) is 5.80. The fourth-order valence-electron chi connectivity index (χ4n) is 2.12. The first-order valence-corrected chi connectivity index (χ1v) is 8.09. The molecule has 6 heteroatoms. The minimum atomic E-state index is -1.13. The van der Waals surface area contributed by atoms with Crippen LogP contribution in [0.2, 0.25) is 0 Å². The molecule has 1 amide bonds. The monoisotopic (exact) mass is 391 g/mol. The zero-order chi connectivity index (χ0) is 17.9. The van der Waals surface area contributed by atoms with Gasteiger partial charge in [-0.3, -0.25) is 4.79 Å². The van der Waals surface area contributed by atoms with Crippen molar-refractivity contribution in [1.29, 1.82) is 0 Å². The van der Waals surface area contributed by atoms with Crippen molar-refractivity contribution in [1.82, 2.24) is 0 Å². The zero-order valence-corrected chi connectivity index (χ0v) is 15.2. The van der Waals surface area contributed by atoms with Crippen LogP contribution in [0, 0.1) is 6.92 Å². The SMILES string of the molecule is Cc1c(NC(=O)C(C)(C)Oc2ccc(Br)cc2)cccc1C(=O)O. The van der Waals surface area contributed by atoms with Crippen molar-refractivity contribution in [2.24, 2.45) is 0 Å². The van der Waals surface area contributed by atoms with Gasteiger partial charge in [-0.2, -0.15) is 0 Å². The van der Waals surface area contributed by atoms with Crippen LogP contribution in [0.5, 0.6) is 5.75 Å². The van der Waals surface area contributed by atoms with Crippen molar-refractivity contribution >= 4 is 33.5 Å². The van der Waals surface area contributed by atoms with E-state index in [1.165, 1.54) is 6.07 Å². The van der Waals surface area contributed by atoms with Crippen LogP contribution < -0.4 is 10.1 Å². The first-order valence-electron chi connectivity index (χ1n) is 7.29. The third kappa shape index (κ3) is 4.14. The smallest absolute Gasteiger partial charge is 0.336 e. The van der Waals surface area contributed by atoms with Gasteiger partial charge in [-0.05, 0) is 62.7 Å². The predicted molar refractivity (Wildman–Crippen MR) is 95.6 cm³/mol. The Balaban J connectivity index is 2.17. The van der Waals surface area contributed by atoms with Crippen molar-refractivity contribution < 1.29 is 19.4 Å². The molecule has 0 fully saturated rings. The van der Waals surface area contributed by atoms with Crippen LogP contribution in [-0.2, 0) is 4.79 Å². The molecule has 0 heterocycles.